The minimum Gasteiger partial charge on any atom is -0.381 e. The molecule has 0 atom stereocenters. The Balaban J connectivity index is 0.00000280. The van der Waals surface area contributed by atoms with Crippen LogP contribution in [0.1, 0.15) is 36.0 Å². The fraction of sp³-hybridized carbons (Fsp3) is 0.364. The second-order valence-corrected chi connectivity index (χ2v) is 7.01. The number of nitrogens with two attached hydrogens (primary N) is 1. The second kappa shape index (κ2) is 10.4. The molecule has 28 heavy (non-hydrogen) atoms. The predicted molar refractivity (Wildman–Crippen MR) is 113 cm³/mol. The van der Waals surface area contributed by atoms with E-state index < -0.39 is 5.54 Å². The van der Waals surface area contributed by atoms with Crippen LogP contribution in [-0.2, 0) is 9.53 Å². The molecule has 1 heterocycles. The van der Waals surface area contributed by atoms with Crippen LogP contribution in [0.15, 0.2) is 54.6 Å². The Kier molecular flexibility index (Phi) is 8.18. The van der Waals surface area contributed by atoms with Crippen molar-refractivity contribution < 1.29 is 14.3 Å². The zero-order valence-corrected chi connectivity index (χ0v) is 16.7. The molecule has 1 fully saturated rings. The molecular weight excluding hydrogens is 376 g/mol. The van der Waals surface area contributed by atoms with Crippen LogP contribution >= 0.6 is 12.4 Å². The standard InChI is InChI=1S/C22H26N2O3.ClH/c23-16-22(12-14-27-15-13-22)24-21(26)11-10-20(25)19-8-6-18(7-9-19)17-4-2-1-3-5-17;/h1-9H,10-16,23H2,(H,24,26);1H. The topological polar surface area (TPSA) is 81.4 Å². The lowest BCUT2D eigenvalue weighted by Gasteiger charge is -2.37. The first-order chi connectivity index (χ1) is 13.1. The second-order valence-electron chi connectivity index (χ2n) is 7.01. The number of nitrogens with one attached hydrogen (secondary N) is 1. The third kappa shape index (κ3) is 5.64. The molecule has 1 amide bonds. The largest absolute Gasteiger partial charge is 0.381 e. The number of carbonyl (C=O) groups excluding carboxylic acids is 2. The highest BCUT2D eigenvalue weighted by molar-refractivity contribution is 5.98. The molecule has 0 bridgehead atoms. The van der Waals surface area contributed by atoms with Crippen LogP contribution in [0.2, 0.25) is 0 Å². The highest BCUT2D eigenvalue weighted by atomic mass is 35.5. The zero-order valence-electron chi connectivity index (χ0n) is 15.9. The molecule has 0 aliphatic carbocycles. The van der Waals surface area contributed by atoms with Crippen molar-refractivity contribution in [3.8, 4) is 11.1 Å². The van der Waals surface area contributed by atoms with Crippen LogP contribution in [0.4, 0.5) is 0 Å². The maximum atomic E-state index is 12.4. The number of ketones is 1. The van der Waals surface area contributed by atoms with Gasteiger partial charge in [-0.1, -0.05) is 54.6 Å². The molecule has 6 heteroatoms. The number of Topliss-reactive ketones (excluding diaryl/α,β-unsaturated/α-hetero) is 1. The maximum Gasteiger partial charge on any atom is 0.220 e. The Bertz CT molecular complexity index is 772. The van der Waals surface area contributed by atoms with Gasteiger partial charge in [0.2, 0.25) is 5.91 Å². The van der Waals surface area contributed by atoms with Crippen molar-refractivity contribution in [2.75, 3.05) is 19.8 Å². The molecule has 0 saturated carbocycles. The summed E-state index contributed by atoms with van der Waals surface area (Å²) in [7, 11) is 0. The SMILES string of the molecule is Cl.NCC1(NC(=O)CCC(=O)c2ccc(-c3ccccc3)cc2)CCOCC1. The van der Waals surface area contributed by atoms with Gasteiger partial charge in [0, 0.05) is 38.2 Å². The monoisotopic (exact) mass is 402 g/mol. The van der Waals surface area contributed by atoms with Gasteiger partial charge in [0.1, 0.15) is 0 Å². The Morgan fingerprint density at radius 2 is 1.54 bits per heavy atom. The van der Waals surface area contributed by atoms with Crippen molar-refractivity contribution in [2.24, 2.45) is 5.73 Å². The van der Waals surface area contributed by atoms with Crippen molar-refractivity contribution in [1.82, 2.24) is 5.32 Å². The summed E-state index contributed by atoms with van der Waals surface area (Å²) in [5.41, 5.74) is 8.27. The van der Waals surface area contributed by atoms with Gasteiger partial charge in [0.25, 0.3) is 0 Å². The molecule has 0 spiro atoms. The Labute approximate surface area is 172 Å². The van der Waals surface area contributed by atoms with Crippen LogP contribution in [0.5, 0.6) is 0 Å². The van der Waals surface area contributed by atoms with E-state index in [-0.39, 0.29) is 36.9 Å². The average Bonchev–Trinajstić information content (AvgIpc) is 2.73. The van der Waals surface area contributed by atoms with Gasteiger partial charge in [0.15, 0.2) is 5.78 Å². The molecule has 150 valence electrons. The first kappa shape index (κ1) is 22.1. The van der Waals surface area contributed by atoms with Crippen molar-refractivity contribution in [3.63, 3.8) is 0 Å². The molecule has 0 radical (unpaired) electrons. The highest BCUT2D eigenvalue weighted by Crippen LogP contribution is 2.21. The summed E-state index contributed by atoms with van der Waals surface area (Å²) in [5, 5.41) is 3.02. The Morgan fingerprint density at radius 1 is 0.929 bits per heavy atom. The van der Waals surface area contributed by atoms with Gasteiger partial charge in [-0.05, 0) is 24.0 Å². The van der Waals surface area contributed by atoms with E-state index in [4.69, 9.17) is 10.5 Å². The zero-order chi connectivity index (χ0) is 19.1. The Hall–Kier alpha value is -2.21. The molecule has 1 aliphatic heterocycles. The highest BCUT2D eigenvalue weighted by Gasteiger charge is 2.32. The van der Waals surface area contributed by atoms with E-state index in [1.165, 1.54) is 0 Å². The number of benzene rings is 2. The maximum absolute atomic E-state index is 12.4. The molecule has 2 aromatic carbocycles. The van der Waals surface area contributed by atoms with Gasteiger partial charge in [-0.2, -0.15) is 0 Å². The first-order valence-electron chi connectivity index (χ1n) is 9.39. The smallest absolute Gasteiger partial charge is 0.220 e. The number of carbonyl (C=O) groups is 2. The molecule has 1 aliphatic rings. The summed E-state index contributed by atoms with van der Waals surface area (Å²) in [6.45, 7) is 1.59. The number of rotatable bonds is 7. The number of hydrogen-bond acceptors (Lipinski definition) is 4. The van der Waals surface area contributed by atoms with Gasteiger partial charge in [-0.15, -0.1) is 12.4 Å². The van der Waals surface area contributed by atoms with Crippen molar-refractivity contribution in [1.29, 1.82) is 0 Å². The lowest BCUT2D eigenvalue weighted by atomic mass is 9.90. The number of halogens is 1. The van der Waals surface area contributed by atoms with Gasteiger partial charge in [-0.3, -0.25) is 9.59 Å². The van der Waals surface area contributed by atoms with Gasteiger partial charge < -0.3 is 15.8 Å². The summed E-state index contributed by atoms with van der Waals surface area (Å²) in [6, 6.07) is 17.5. The predicted octanol–water partition coefficient (Wildman–Crippen LogP) is 3.36. The minimum absolute atomic E-state index is 0. The van der Waals surface area contributed by atoms with E-state index in [0.29, 0.717) is 38.2 Å². The van der Waals surface area contributed by atoms with Crippen molar-refractivity contribution >= 4 is 24.1 Å². The van der Waals surface area contributed by atoms with E-state index in [9.17, 15) is 9.59 Å². The molecule has 0 unspecified atom stereocenters. The normalized spacial score (nSPS) is 15.3. The molecule has 3 N–H and O–H groups in total. The minimum atomic E-state index is -0.393. The van der Waals surface area contributed by atoms with E-state index in [0.717, 1.165) is 11.1 Å². The molecule has 5 nitrogen and oxygen atoms in total. The third-order valence-electron chi connectivity index (χ3n) is 5.14. The summed E-state index contributed by atoms with van der Waals surface area (Å²) >= 11 is 0. The molecule has 0 aromatic heterocycles. The van der Waals surface area contributed by atoms with E-state index in [1.807, 2.05) is 54.6 Å². The number of amides is 1. The van der Waals surface area contributed by atoms with Gasteiger partial charge in [0.05, 0.1) is 5.54 Å². The summed E-state index contributed by atoms with van der Waals surface area (Å²) < 4.78 is 5.34. The summed E-state index contributed by atoms with van der Waals surface area (Å²) in [5.74, 6) is -0.157. The van der Waals surface area contributed by atoms with Crippen LogP contribution in [0.25, 0.3) is 11.1 Å². The van der Waals surface area contributed by atoms with Crippen LogP contribution in [0.3, 0.4) is 0 Å². The summed E-state index contributed by atoms with van der Waals surface area (Å²) in [6.07, 6.45) is 1.78. The third-order valence-corrected chi connectivity index (χ3v) is 5.14. The molecule has 2 aromatic rings. The van der Waals surface area contributed by atoms with E-state index in [2.05, 4.69) is 5.32 Å². The molecular formula is C22H27ClN2O3. The van der Waals surface area contributed by atoms with Crippen LogP contribution < -0.4 is 11.1 Å². The quantitative estimate of drug-likeness (QED) is 0.696. The molecule has 1 saturated heterocycles. The number of hydrogen-bond donors (Lipinski definition) is 2. The fourth-order valence-electron chi connectivity index (χ4n) is 3.35. The first-order valence-corrected chi connectivity index (χ1v) is 9.39. The van der Waals surface area contributed by atoms with E-state index in [1.54, 1.807) is 0 Å². The van der Waals surface area contributed by atoms with Gasteiger partial charge >= 0.3 is 0 Å². The van der Waals surface area contributed by atoms with Gasteiger partial charge in [-0.25, -0.2) is 0 Å². The summed E-state index contributed by atoms with van der Waals surface area (Å²) in [4.78, 5) is 24.7. The van der Waals surface area contributed by atoms with Crippen LogP contribution in [0, 0.1) is 0 Å². The fourth-order valence-corrected chi connectivity index (χ4v) is 3.35. The Morgan fingerprint density at radius 3 is 2.14 bits per heavy atom. The lowest BCUT2D eigenvalue weighted by Crippen LogP contribution is -2.56. The molecule has 3 rings (SSSR count). The number of ether oxygens (including phenoxy) is 1. The van der Waals surface area contributed by atoms with Crippen molar-refractivity contribution in [3.05, 3.63) is 60.2 Å². The van der Waals surface area contributed by atoms with Crippen LogP contribution in [-0.4, -0.2) is 37.0 Å². The average molecular weight is 403 g/mol. The lowest BCUT2D eigenvalue weighted by molar-refractivity contribution is -0.124. The van der Waals surface area contributed by atoms with E-state index >= 15 is 0 Å². The van der Waals surface area contributed by atoms with Crippen molar-refractivity contribution in [2.45, 2.75) is 31.2 Å².